The average Bonchev–Trinajstić information content (AvgIpc) is 3.67. The highest BCUT2D eigenvalue weighted by Crippen LogP contribution is 2.55. The Morgan fingerprint density at radius 1 is 0.953 bits per heavy atom. The minimum absolute atomic E-state index is 0.0718. The van der Waals surface area contributed by atoms with Gasteiger partial charge in [0.1, 0.15) is 23.1 Å². The lowest BCUT2D eigenvalue weighted by molar-refractivity contribution is -0.142. The molecule has 2 saturated heterocycles. The molecule has 2 bridgehead atoms. The summed E-state index contributed by atoms with van der Waals surface area (Å²) >= 11 is 0. The summed E-state index contributed by atoms with van der Waals surface area (Å²) in [6.07, 6.45) is 11.6. The fourth-order valence-corrected chi connectivity index (χ4v) is 7.11. The van der Waals surface area contributed by atoms with Gasteiger partial charge in [0.15, 0.2) is 0 Å². The highest BCUT2D eigenvalue weighted by molar-refractivity contribution is 6.02. The van der Waals surface area contributed by atoms with E-state index in [2.05, 4.69) is 15.6 Å². The molecule has 220 valence electrons. The standard InChI is InChI=1S/C34H34N4O5/c39-31(36-24-13-15-26(16-14-24)42-25-11-5-2-6-12-25)28-27-17-18-34(43-27)29(28)33(41)38(21-22-8-7-19-35-20-22)30(34)32(40)37-23-9-3-1-4-10-23/h2,5-8,11-20,23,27-30H,1,3-4,9-10,21H2,(H,36,39)(H,37,40)/t27-,28?,29-,30?,34?/m1/s1. The fourth-order valence-electron chi connectivity index (χ4n) is 7.11. The molecule has 9 nitrogen and oxygen atoms in total. The van der Waals surface area contributed by atoms with E-state index in [1.807, 2.05) is 48.6 Å². The van der Waals surface area contributed by atoms with Crippen LogP contribution in [0.1, 0.15) is 37.7 Å². The summed E-state index contributed by atoms with van der Waals surface area (Å²) in [6.45, 7) is 0.201. The van der Waals surface area contributed by atoms with E-state index >= 15 is 0 Å². The number of para-hydroxylation sites is 1. The van der Waals surface area contributed by atoms with Crippen LogP contribution < -0.4 is 15.4 Å². The minimum atomic E-state index is -1.21. The second-order valence-electron chi connectivity index (χ2n) is 11.8. The number of fused-ring (bicyclic) bond motifs is 1. The Kier molecular flexibility index (Phi) is 7.18. The first-order valence-corrected chi connectivity index (χ1v) is 15.0. The molecule has 9 heteroatoms. The largest absolute Gasteiger partial charge is 0.457 e. The van der Waals surface area contributed by atoms with Crippen LogP contribution in [0, 0.1) is 11.8 Å². The van der Waals surface area contributed by atoms with E-state index < -0.39 is 29.6 Å². The molecule has 3 aromatic rings. The van der Waals surface area contributed by atoms with E-state index in [-0.39, 0.29) is 30.3 Å². The number of benzene rings is 2. The Balaban J connectivity index is 1.13. The molecule has 2 N–H and O–H groups in total. The molecule has 43 heavy (non-hydrogen) atoms. The van der Waals surface area contributed by atoms with Crippen molar-refractivity contribution in [3.63, 3.8) is 0 Å². The maximum absolute atomic E-state index is 14.2. The Labute approximate surface area is 250 Å². The van der Waals surface area contributed by atoms with Gasteiger partial charge in [-0.3, -0.25) is 19.4 Å². The van der Waals surface area contributed by atoms with Gasteiger partial charge < -0.3 is 25.0 Å². The van der Waals surface area contributed by atoms with Crippen molar-refractivity contribution >= 4 is 23.4 Å². The predicted octanol–water partition coefficient (Wildman–Crippen LogP) is 4.61. The molecule has 3 unspecified atom stereocenters. The number of amides is 3. The first kappa shape index (κ1) is 27.3. The molecule has 1 aliphatic carbocycles. The molecule has 1 spiro atoms. The van der Waals surface area contributed by atoms with Gasteiger partial charge in [0.05, 0.1) is 17.9 Å². The van der Waals surface area contributed by atoms with Crippen molar-refractivity contribution < 1.29 is 23.9 Å². The SMILES string of the molecule is O=C(Nc1ccc(Oc2ccccc2)cc1)C1[C@H]2C=CC3(O2)C(C(=O)NC2CCCCC2)N(Cc2cccnc2)C(=O)[C@@H]13. The van der Waals surface area contributed by atoms with Gasteiger partial charge in [-0.05, 0) is 60.9 Å². The molecular formula is C34H34N4O5. The van der Waals surface area contributed by atoms with Crippen LogP contribution in [0.5, 0.6) is 11.5 Å². The first-order chi connectivity index (χ1) is 21.0. The maximum Gasteiger partial charge on any atom is 0.246 e. The number of ether oxygens (including phenoxy) is 2. The number of nitrogens with one attached hydrogen (secondary N) is 2. The van der Waals surface area contributed by atoms with Crippen LogP contribution in [-0.4, -0.2) is 51.4 Å². The summed E-state index contributed by atoms with van der Waals surface area (Å²) in [5, 5.41) is 6.19. The molecule has 1 saturated carbocycles. The average molecular weight is 579 g/mol. The summed E-state index contributed by atoms with van der Waals surface area (Å²) in [5.74, 6) is -1.05. The molecule has 3 fully saturated rings. The first-order valence-electron chi connectivity index (χ1n) is 15.0. The summed E-state index contributed by atoms with van der Waals surface area (Å²) < 4.78 is 12.3. The molecule has 5 atom stereocenters. The molecule has 1 aromatic heterocycles. The molecular weight excluding hydrogens is 544 g/mol. The van der Waals surface area contributed by atoms with Crippen molar-refractivity contribution in [1.82, 2.24) is 15.2 Å². The monoisotopic (exact) mass is 578 g/mol. The lowest BCUT2D eigenvalue weighted by Crippen LogP contribution is -2.56. The number of nitrogens with zero attached hydrogens (tertiary/aromatic N) is 2. The number of rotatable bonds is 8. The van der Waals surface area contributed by atoms with Gasteiger partial charge in [-0.15, -0.1) is 0 Å². The van der Waals surface area contributed by atoms with Crippen molar-refractivity contribution in [2.24, 2.45) is 11.8 Å². The van der Waals surface area contributed by atoms with Crippen molar-refractivity contribution in [1.29, 1.82) is 0 Å². The van der Waals surface area contributed by atoms with Crippen molar-refractivity contribution in [2.75, 3.05) is 5.32 Å². The second kappa shape index (κ2) is 11.3. The summed E-state index contributed by atoms with van der Waals surface area (Å²) in [7, 11) is 0. The van der Waals surface area contributed by atoms with Gasteiger partial charge in [-0.25, -0.2) is 0 Å². The molecule has 2 aromatic carbocycles. The van der Waals surface area contributed by atoms with E-state index in [0.29, 0.717) is 17.2 Å². The van der Waals surface area contributed by atoms with Gasteiger partial charge in [0, 0.05) is 30.7 Å². The lowest BCUT2D eigenvalue weighted by atomic mass is 9.74. The number of anilines is 1. The number of carbonyl (C=O) groups is 3. The highest BCUT2D eigenvalue weighted by Gasteiger charge is 2.72. The smallest absolute Gasteiger partial charge is 0.246 e. The number of hydrogen-bond donors (Lipinski definition) is 2. The van der Waals surface area contributed by atoms with E-state index in [9.17, 15) is 14.4 Å². The Morgan fingerprint density at radius 3 is 2.47 bits per heavy atom. The van der Waals surface area contributed by atoms with E-state index in [1.165, 1.54) is 6.42 Å². The van der Waals surface area contributed by atoms with Crippen molar-refractivity contribution in [3.05, 3.63) is 96.8 Å². The molecule has 0 radical (unpaired) electrons. The van der Waals surface area contributed by atoms with Crippen LogP contribution in [0.3, 0.4) is 0 Å². The van der Waals surface area contributed by atoms with E-state index in [0.717, 1.165) is 31.2 Å². The molecule has 3 amide bonds. The number of likely N-dealkylation sites (tertiary alicyclic amines) is 1. The van der Waals surface area contributed by atoms with Gasteiger partial charge >= 0.3 is 0 Å². The van der Waals surface area contributed by atoms with Gasteiger partial charge in [-0.2, -0.15) is 0 Å². The third-order valence-corrected chi connectivity index (χ3v) is 9.05. The summed E-state index contributed by atoms with van der Waals surface area (Å²) in [4.78, 5) is 47.7. The number of carbonyl (C=O) groups excluding carboxylic acids is 3. The van der Waals surface area contributed by atoms with Gasteiger partial charge in [0.2, 0.25) is 17.7 Å². The third kappa shape index (κ3) is 5.07. The van der Waals surface area contributed by atoms with E-state index in [1.54, 1.807) is 47.6 Å². The van der Waals surface area contributed by atoms with E-state index in [4.69, 9.17) is 9.47 Å². The van der Waals surface area contributed by atoms with Crippen LogP contribution in [0.4, 0.5) is 5.69 Å². The van der Waals surface area contributed by atoms with Gasteiger partial charge in [-0.1, -0.05) is 55.7 Å². The zero-order valence-electron chi connectivity index (χ0n) is 23.7. The number of aromatic nitrogens is 1. The van der Waals surface area contributed by atoms with Crippen molar-refractivity contribution in [2.45, 2.75) is 62.4 Å². The predicted molar refractivity (Wildman–Crippen MR) is 159 cm³/mol. The van der Waals surface area contributed by atoms with Crippen LogP contribution in [-0.2, 0) is 25.7 Å². The normalized spacial score (nSPS) is 27.6. The Morgan fingerprint density at radius 2 is 1.72 bits per heavy atom. The summed E-state index contributed by atoms with van der Waals surface area (Å²) in [6, 6.07) is 19.4. The van der Waals surface area contributed by atoms with Crippen LogP contribution in [0.25, 0.3) is 0 Å². The lowest BCUT2D eigenvalue weighted by Gasteiger charge is -2.34. The molecule has 7 rings (SSSR count). The second-order valence-corrected chi connectivity index (χ2v) is 11.8. The van der Waals surface area contributed by atoms with Crippen LogP contribution >= 0.6 is 0 Å². The highest BCUT2D eigenvalue weighted by atomic mass is 16.5. The van der Waals surface area contributed by atoms with Crippen LogP contribution in [0.15, 0.2) is 91.3 Å². The Bertz CT molecular complexity index is 1520. The minimum Gasteiger partial charge on any atom is -0.457 e. The van der Waals surface area contributed by atoms with Crippen LogP contribution in [0.2, 0.25) is 0 Å². The molecule has 4 aliphatic rings. The molecule has 3 aliphatic heterocycles. The number of pyridine rings is 1. The Hall–Kier alpha value is -4.50. The third-order valence-electron chi connectivity index (χ3n) is 9.05. The zero-order chi connectivity index (χ0) is 29.4. The number of hydrogen-bond acceptors (Lipinski definition) is 6. The fraction of sp³-hybridized carbons (Fsp3) is 0.353. The topological polar surface area (TPSA) is 110 Å². The zero-order valence-corrected chi connectivity index (χ0v) is 23.7. The van der Waals surface area contributed by atoms with Crippen molar-refractivity contribution in [3.8, 4) is 11.5 Å². The summed E-state index contributed by atoms with van der Waals surface area (Å²) in [5.41, 5.74) is 0.174. The maximum atomic E-state index is 14.2. The molecule has 4 heterocycles. The quantitative estimate of drug-likeness (QED) is 0.378. The van der Waals surface area contributed by atoms with Gasteiger partial charge in [0.25, 0.3) is 0 Å².